The van der Waals surface area contributed by atoms with Crippen LogP contribution in [0.2, 0.25) is 0 Å². The third kappa shape index (κ3) is 3.79. The molecule has 14 heavy (non-hydrogen) atoms. The summed E-state index contributed by atoms with van der Waals surface area (Å²) in [5.41, 5.74) is 1.08. The van der Waals surface area contributed by atoms with Crippen LogP contribution >= 0.6 is 11.8 Å². The number of aryl methyl sites for hydroxylation is 1. The highest BCUT2D eigenvalue weighted by Crippen LogP contribution is 2.05. The van der Waals surface area contributed by atoms with Crippen molar-refractivity contribution in [3.8, 4) is 0 Å². The molecule has 0 radical (unpaired) electrons. The molecular weight excluding hydrogens is 196 g/mol. The number of nitrogens with zero attached hydrogens (tertiary/aromatic N) is 2. The summed E-state index contributed by atoms with van der Waals surface area (Å²) >= 11 is 1.36. The van der Waals surface area contributed by atoms with E-state index in [-0.39, 0.29) is 5.12 Å². The van der Waals surface area contributed by atoms with E-state index < -0.39 is 0 Å². The zero-order valence-corrected chi connectivity index (χ0v) is 9.25. The van der Waals surface area contributed by atoms with E-state index >= 15 is 0 Å². The molecule has 1 rings (SSSR count). The Morgan fingerprint density at radius 2 is 2.50 bits per heavy atom. The van der Waals surface area contributed by atoms with Crippen molar-refractivity contribution in [1.82, 2.24) is 9.78 Å². The number of hydrogen-bond donors (Lipinski definition) is 0. The van der Waals surface area contributed by atoms with Crippen LogP contribution in [0.5, 0.6) is 0 Å². The first-order valence-electron chi connectivity index (χ1n) is 4.48. The Bertz CT molecular complexity index is 331. The summed E-state index contributed by atoms with van der Waals surface area (Å²) < 4.78 is 1.81. The standard InChI is InChI=1S/C10H14N2OS/c1-9(13)14-8-4-3-5-10-6-7-11-12(10)2/h3,5-7H,4,8H2,1-2H3. The molecule has 4 heteroatoms. The molecule has 0 saturated carbocycles. The minimum absolute atomic E-state index is 0.180. The molecule has 0 spiro atoms. The fourth-order valence-electron chi connectivity index (χ4n) is 1.02. The second-order valence-electron chi connectivity index (χ2n) is 2.91. The molecule has 1 aromatic rings. The maximum atomic E-state index is 10.6. The molecule has 0 aliphatic rings. The molecule has 0 bridgehead atoms. The van der Waals surface area contributed by atoms with E-state index in [0.29, 0.717) is 0 Å². The molecule has 0 aliphatic carbocycles. The van der Waals surface area contributed by atoms with Gasteiger partial charge in [-0.1, -0.05) is 17.8 Å². The van der Waals surface area contributed by atoms with Gasteiger partial charge in [-0.3, -0.25) is 9.48 Å². The molecule has 1 aromatic heterocycles. The normalized spacial score (nSPS) is 11.0. The lowest BCUT2D eigenvalue weighted by molar-refractivity contribution is -0.109. The van der Waals surface area contributed by atoms with Gasteiger partial charge in [-0.2, -0.15) is 5.10 Å². The quantitative estimate of drug-likeness (QED) is 0.714. The van der Waals surface area contributed by atoms with E-state index in [2.05, 4.69) is 11.2 Å². The third-order valence-electron chi connectivity index (χ3n) is 1.74. The largest absolute Gasteiger partial charge is 0.288 e. The molecule has 0 aliphatic heterocycles. The molecule has 1 heterocycles. The average molecular weight is 210 g/mol. The Morgan fingerprint density at radius 3 is 3.07 bits per heavy atom. The molecule has 76 valence electrons. The van der Waals surface area contributed by atoms with Crippen molar-refractivity contribution in [3.63, 3.8) is 0 Å². The Kier molecular flexibility index (Phi) is 4.46. The fraction of sp³-hybridized carbons (Fsp3) is 0.400. The Hall–Kier alpha value is -1.03. The maximum Gasteiger partial charge on any atom is 0.185 e. The summed E-state index contributed by atoms with van der Waals surface area (Å²) in [7, 11) is 1.91. The van der Waals surface area contributed by atoms with Gasteiger partial charge in [0.1, 0.15) is 0 Å². The minimum atomic E-state index is 0.180. The Morgan fingerprint density at radius 1 is 1.71 bits per heavy atom. The molecule has 0 saturated heterocycles. The number of carbonyl (C=O) groups excluding carboxylic acids is 1. The number of hydrogen-bond acceptors (Lipinski definition) is 3. The second kappa shape index (κ2) is 5.65. The van der Waals surface area contributed by atoms with Gasteiger partial charge >= 0.3 is 0 Å². The summed E-state index contributed by atoms with van der Waals surface area (Å²) in [5, 5.41) is 4.23. The highest BCUT2D eigenvalue weighted by atomic mass is 32.2. The second-order valence-corrected chi connectivity index (χ2v) is 4.18. The van der Waals surface area contributed by atoms with E-state index in [1.54, 1.807) is 13.1 Å². The smallest absolute Gasteiger partial charge is 0.185 e. The number of thioether (sulfide) groups is 1. The van der Waals surface area contributed by atoms with Gasteiger partial charge in [0.25, 0.3) is 0 Å². The van der Waals surface area contributed by atoms with Crippen molar-refractivity contribution < 1.29 is 4.79 Å². The van der Waals surface area contributed by atoms with Gasteiger partial charge in [0, 0.05) is 25.9 Å². The SMILES string of the molecule is CC(=O)SCCC=Cc1ccnn1C. The minimum Gasteiger partial charge on any atom is -0.288 e. The number of allylic oxidation sites excluding steroid dienone is 1. The summed E-state index contributed by atoms with van der Waals surface area (Å²) in [5.74, 6) is 0.851. The summed E-state index contributed by atoms with van der Waals surface area (Å²) in [6.45, 7) is 1.59. The number of rotatable bonds is 4. The highest BCUT2D eigenvalue weighted by Gasteiger charge is 1.93. The van der Waals surface area contributed by atoms with Gasteiger partial charge in [-0.05, 0) is 18.6 Å². The molecule has 0 aromatic carbocycles. The summed E-state index contributed by atoms with van der Waals surface area (Å²) in [4.78, 5) is 10.6. The van der Waals surface area contributed by atoms with Gasteiger partial charge < -0.3 is 0 Å². The number of aromatic nitrogens is 2. The van der Waals surface area contributed by atoms with E-state index in [1.165, 1.54) is 11.8 Å². The van der Waals surface area contributed by atoms with Gasteiger partial charge in [0.15, 0.2) is 5.12 Å². The van der Waals surface area contributed by atoms with E-state index in [0.717, 1.165) is 17.9 Å². The van der Waals surface area contributed by atoms with Crippen LogP contribution in [0.3, 0.4) is 0 Å². The van der Waals surface area contributed by atoms with Crippen molar-refractivity contribution in [2.75, 3.05) is 5.75 Å². The van der Waals surface area contributed by atoms with Crippen molar-refractivity contribution in [1.29, 1.82) is 0 Å². The van der Waals surface area contributed by atoms with Gasteiger partial charge in [-0.25, -0.2) is 0 Å². The topological polar surface area (TPSA) is 34.9 Å². The van der Waals surface area contributed by atoms with Crippen LogP contribution in [0.25, 0.3) is 6.08 Å². The average Bonchev–Trinajstić information content (AvgIpc) is 2.51. The Labute approximate surface area is 88.2 Å². The van der Waals surface area contributed by atoms with E-state index in [1.807, 2.05) is 23.9 Å². The van der Waals surface area contributed by atoms with Crippen LogP contribution in [-0.2, 0) is 11.8 Å². The molecule has 0 amide bonds. The predicted octanol–water partition coefficient (Wildman–Crippen LogP) is 2.10. The van der Waals surface area contributed by atoms with Crippen molar-refractivity contribution in [2.24, 2.45) is 7.05 Å². The first-order chi connectivity index (χ1) is 6.70. The van der Waals surface area contributed by atoms with Gasteiger partial charge in [0.05, 0.1) is 5.69 Å². The molecule has 0 fully saturated rings. The van der Waals surface area contributed by atoms with Crippen molar-refractivity contribution in [2.45, 2.75) is 13.3 Å². The lowest BCUT2D eigenvalue weighted by Gasteiger charge is -1.94. The van der Waals surface area contributed by atoms with Crippen molar-refractivity contribution in [3.05, 3.63) is 24.0 Å². The highest BCUT2D eigenvalue weighted by molar-refractivity contribution is 8.13. The van der Waals surface area contributed by atoms with E-state index in [9.17, 15) is 4.79 Å². The lowest BCUT2D eigenvalue weighted by atomic mass is 10.3. The molecule has 0 atom stereocenters. The Balaban J connectivity index is 2.28. The molecular formula is C10H14N2OS. The first kappa shape index (κ1) is 11.0. The maximum absolute atomic E-state index is 10.6. The fourth-order valence-corrected chi connectivity index (χ4v) is 1.56. The zero-order chi connectivity index (χ0) is 10.4. The summed E-state index contributed by atoms with van der Waals surface area (Å²) in [6, 6.07) is 1.95. The third-order valence-corrected chi connectivity index (χ3v) is 2.58. The monoisotopic (exact) mass is 210 g/mol. The summed E-state index contributed by atoms with van der Waals surface area (Å²) in [6.07, 6.45) is 6.76. The zero-order valence-electron chi connectivity index (χ0n) is 8.43. The van der Waals surface area contributed by atoms with E-state index in [4.69, 9.17) is 0 Å². The van der Waals surface area contributed by atoms with Crippen LogP contribution in [0.15, 0.2) is 18.3 Å². The van der Waals surface area contributed by atoms with Crippen LogP contribution < -0.4 is 0 Å². The van der Waals surface area contributed by atoms with Crippen LogP contribution in [-0.4, -0.2) is 20.6 Å². The van der Waals surface area contributed by atoms with Crippen LogP contribution in [0, 0.1) is 0 Å². The first-order valence-corrected chi connectivity index (χ1v) is 5.46. The predicted molar refractivity (Wildman–Crippen MR) is 60.0 cm³/mol. The van der Waals surface area contributed by atoms with Gasteiger partial charge in [-0.15, -0.1) is 0 Å². The number of carbonyl (C=O) groups is 1. The molecule has 0 N–H and O–H groups in total. The molecule has 0 unspecified atom stereocenters. The van der Waals surface area contributed by atoms with Crippen LogP contribution in [0.4, 0.5) is 0 Å². The van der Waals surface area contributed by atoms with Crippen molar-refractivity contribution >= 4 is 23.0 Å². The van der Waals surface area contributed by atoms with Crippen LogP contribution in [0.1, 0.15) is 19.0 Å². The molecule has 3 nitrogen and oxygen atoms in total. The lowest BCUT2D eigenvalue weighted by Crippen LogP contribution is -1.91. The van der Waals surface area contributed by atoms with Gasteiger partial charge in [0.2, 0.25) is 0 Å².